The molecule has 4 radical (unpaired) electrons. The van der Waals surface area contributed by atoms with E-state index in [0.29, 0.717) is 6.42 Å². The van der Waals surface area contributed by atoms with E-state index >= 15 is 0 Å². The van der Waals surface area contributed by atoms with Crippen molar-refractivity contribution in [1.29, 1.82) is 0 Å². The van der Waals surface area contributed by atoms with Gasteiger partial charge in [-0.25, -0.2) is 11.6 Å². The Morgan fingerprint density at radius 1 is 0.781 bits per heavy atom. The van der Waals surface area contributed by atoms with Crippen molar-refractivity contribution in [3.63, 3.8) is 0 Å². The van der Waals surface area contributed by atoms with E-state index in [1.807, 2.05) is 61.5 Å². The first-order chi connectivity index (χ1) is 14.1. The van der Waals surface area contributed by atoms with Gasteiger partial charge in [0.15, 0.2) is 0 Å². The normalized spacial score (nSPS) is 8.25. The molecule has 0 saturated heterocycles. The van der Waals surface area contributed by atoms with Gasteiger partial charge in [-0.2, -0.15) is 5.56 Å². The van der Waals surface area contributed by atoms with Crippen LogP contribution in [0.25, 0.3) is 5.57 Å². The predicted molar refractivity (Wildman–Crippen MR) is 148 cm³/mol. The summed E-state index contributed by atoms with van der Waals surface area (Å²) in [7, 11) is 0. The standard InChI is InChI=1S/C19H19O.C3H8.3C2H6.CH4.B.Y.H2/c1-3-19(20)13-15(2)18-11-9-17(10-12-18)14-16-7-5-4-6-8-16;1-3-2;3*1-2;;;;/h4-12H,3,14H2,1-2H3;3H2,1-2H3;3*1-2H3;1H4;;;1H/q-1;;;;;;;;/i;;;;;;;;1+1. The van der Waals surface area contributed by atoms with Crippen LogP contribution in [0.1, 0.15) is 108 Å². The van der Waals surface area contributed by atoms with Gasteiger partial charge in [-0.05, 0) is 24.0 Å². The maximum atomic E-state index is 11.4. The van der Waals surface area contributed by atoms with E-state index in [1.165, 1.54) is 17.5 Å². The summed E-state index contributed by atoms with van der Waals surface area (Å²) in [5.74, 6) is 0.0517. The predicted octanol–water partition coefficient (Wildman–Crippen LogP) is 9.46. The second-order valence-electron chi connectivity index (χ2n) is 5.59. The summed E-state index contributed by atoms with van der Waals surface area (Å²) in [5.41, 5.74) is 4.54. The molecule has 0 aliphatic rings. The SMILES string of the molecule is C.CC.CC.CC.CCC.CCC(=O)[C-]=C(C)c1ccc(Cc2ccccc2)cc1.[2HH].[B].[Y]. The Hall–Kier alpha value is -0.981. The van der Waals surface area contributed by atoms with Crippen LogP contribution in [0.3, 0.4) is 0 Å². The Labute approximate surface area is 230 Å². The van der Waals surface area contributed by atoms with E-state index < -0.39 is 0 Å². The van der Waals surface area contributed by atoms with E-state index in [2.05, 4.69) is 68.5 Å². The molecule has 0 heterocycles. The fraction of sp³-hybridized carbons (Fsp3) is 0.483. The number of allylic oxidation sites excluding steroid dienone is 2. The summed E-state index contributed by atoms with van der Waals surface area (Å²) in [5, 5.41) is 0. The largest absolute Gasteiger partial charge is 0.317 e. The van der Waals surface area contributed by atoms with Crippen LogP contribution in [-0.2, 0) is 43.9 Å². The molecule has 0 amide bonds. The summed E-state index contributed by atoms with van der Waals surface area (Å²) in [6.45, 7) is 20.0. The zero-order valence-corrected chi connectivity index (χ0v) is 24.7. The molecule has 2 rings (SSSR count). The third kappa shape index (κ3) is 23.7. The molecule has 0 bridgehead atoms. The molecule has 0 unspecified atom stereocenters. The minimum Gasteiger partial charge on any atom is -0.317 e. The van der Waals surface area contributed by atoms with Crippen molar-refractivity contribution in [2.45, 2.75) is 95.9 Å². The first-order valence-electron chi connectivity index (χ1n) is 11.4. The molecule has 0 aliphatic carbocycles. The summed E-state index contributed by atoms with van der Waals surface area (Å²) in [4.78, 5) is 11.4. The smallest absolute Gasteiger partial charge is 0.0667 e. The fourth-order valence-corrected chi connectivity index (χ4v) is 2.07. The van der Waals surface area contributed by atoms with Gasteiger partial charge in [0.05, 0.1) is 5.78 Å². The molecule has 0 atom stereocenters. The summed E-state index contributed by atoms with van der Waals surface area (Å²) in [6.07, 6.45) is 5.58. The van der Waals surface area contributed by atoms with Gasteiger partial charge in [0.25, 0.3) is 0 Å². The van der Waals surface area contributed by atoms with Gasteiger partial charge >= 0.3 is 0 Å². The zero-order chi connectivity index (χ0) is 23.1. The van der Waals surface area contributed by atoms with Crippen molar-refractivity contribution in [3.05, 3.63) is 77.4 Å². The number of rotatable bonds is 5. The summed E-state index contributed by atoms with van der Waals surface area (Å²) < 4.78 is 0. The molecule has 2 aromatic carbocycles. The van der Waals surface area contributed by atoms with Crippen LogP contribution < -0.4 is 0 Å². The van der Waals surface area contributed by atoms with Crippen LogP contribution in [0.5, 0.6) is 0 Å². The fourth-order valence-electron chi connectivity index (χ4n) is 2.07. The molecule has 0 N–H and O–H groups in total. The van der Waals surface area contributed by atoms with Crippen LogP contribution in [0.4, 0.5) is 0 Å². The Bertz CT molecular complexity index is 626. The van der Waals surface area contributed by atoms with Crippen molar-refractivity contribution in [2.75, 3.05) is 0 Å². The van der Waals surface area contributed by atoms with Gasteiger partial charge in [-0.3, -0.25) is 0 Å². The van der Waals surface area contributed by atoms with Crippen molar-refractivity contribution in [1.82, 2.24) is 0 Å². The quantitative estimate of drug-likeness (QED) is 0.220. The molecule has 32 heavy (non-hydrogen) atoms. The summed E-state index contributed by atoms with van der Waals surface area (Å²) in [6, 6.07) is 18.8. The van der Waals surface area contributed by atoms with Gasteiger partial charge in [0.2, 0.25) is 0 Å². The van der Waals surface area contributed by atoms with E-state index in [1.54, 1.807) is 0 Å². The Kier molecular flexibility index (Phi) is 48.3. The Morgan fingerprint density at radius 3 is 1.53 bits per heavy atom. The number of carbonyl (C=O) groups excluding carboxylic acids is 1. The van der Waals surface area contributed by atoms with Crippen molar-refractivity contribution in [2.24, 2.45) is 0 Å². The molecular formula is C29H51BOY-. The maximum Gasteiger partial charge on any atom is 0.0667 e. The first-order valence-corrected chi connectivity index (χ1v) is 11.4. The number of Topliss-reactive ketones (excluding diaryl/α,β-unsaturated/α-hetero) is 1. The van der Waals surface area contributed by atoms with Gasteiger partial charge in [0, 0.05) is 42.5 Å². The maximum absolute atomic E-state index is 11.4. The number of hydrogen-bond acceptors (Lipinski definition) is 1. The molecule has 1 nitrogen and oxygen atoms in total. The molecule has 180 valence electrons. The average Bonchev–Trinajstić information content (AvgIpc) is 2.79. The monoisotopic (exact) mass is 516 g/mol. The van der Waals surface area contributed by atoms with Gasteiger partial charge in [-0.1, -0.05) is 126 Å². The minimum absolute atomic E-state index is 0. The van der Waals surface area contributed by atoms with E-state index in [0.717, 1.165) is 17.6 Å². The summed E-state index contributed by atoms with van der Waals surface area (Å²) >= 11 is 0. The van der Waals surface area contributed by atoms with Crippen LogP contribution >= 0.6 is 0 Å². The second-order valence-corrected chi connectivity index (χ2v) is 5.59. The van der Waals surface area contributed by atoms with Crippen molar-refractivity contribution in [3.8, 4) is 0 Å². The third-order valence-corrected chi connectivity index (χ3v) is 3.29. The van der Waals surface area contributed by atoms with E-state index in [4.69, 9.17) is 0 Å². The molecule has 0 saturated carbocycles. The molecular weight excluding hydrogens is 464 g/mol. The molecule has 0 spiro atoms. The number of hydrogen-bond donors (Lipinski definition) is 0. The third-order valence-electron chi connectivity index (χ3n) is 3.29. The second kappa shape index (κ2) is 34.6. The zero-order valence-electron chi connectivity index (χ0n) is 21.9. The van der Waals surface area contributed by atoms with Gasteiger partial charge < -0.3 is 4.79 Å². The number of ketones is 1. The van der Waals surface area contributed by atoms with Crippen LogP contribution in [-0.4, -0.2) is 14.2 Å². The topological polar surface area (TPSA) is 17.1 Å². The van der Waals surface area contributed by atoms with Crippen LogP contribution in [0.2, 0.25) is 0 Å². The number of carbonyl (C=O) groups is 1. The molecule has 0 fully saturated rings. The van der Waals surface area contributed by atoms with Crippen LogP contribution in [0, 0.1) is 6.08 Å². The Balaban J connectivity index is -0.0000000925. The Morgan fingerprint density at radius 2 is 1.16 bits per heavy atom. The van der Waals surface area contributed by atoms with Crippen molar-refractivity contribution >= 4 is 19.8 Å². The van der Waals surface area contributed by atoms with Gasteiger partial charge in [-0.15, -0.1) is 12.1 Å². The molecule has 0 aromatic heterocycles. The average molecular weight is 516 g/mol. The van der Waals surface area contributed by atoms with E-state index in [9.17, 15) is 4.79 Å². The molecule has 2 aromatic rings. The van der Waals surface area contributed by atoms with Crippen LogP contribution in [0.15, 0.2) is 54.6 Å². The molecule has 0 aliphatic heterocycles. The first kappa shape index (κ1) is 44.7. The minimum atomic E-state index is 0. The van der Waals surface area contributed by atoms with Gasteiger partial charge in [0.1, 0.15) is 0 Å². The molecule has 3 heteroatoms. The number of benzene rings is 2. The van der Waals surface area contributed by atoms with E-state index in [-0.39, 0.29) is 55.8 Å². The van der Waals surface area contributed by atoms with Crippen molar-refractivity contribution < 1.29 is 38.9 Å².